The van der Waals surface area contributed by atoms with Crippen LogP contribution in [0.4, 0.5) is 17.2 Å². The summed E-state index contributed by atoms with van der Waals surface area (Å²) in [6.45, 7) is 0. The van der Waals surface area contributed by atoms with Crippen LogP contribution in [0.2, 0.25) is 0 Å². The zero-order valence-corrected chi connectivity index (χ0v) is 16.1. The molecule has 2 N–H and O–H groups in total. The molecule has 0 saturated carbocycles. The summed E-state index contributed by atoms with van der Waals surface area (Å²) in [6, 6.07) is 16.9. The molecular weight excluding hydrogens is 392 g/mol. The van der Waals surface area contributed by atoms with E-state index in [9.17, 15) is 14.3 Å². The number of fused-ring (bicyclic) bond motifs is 1. The molecule has 2 aromatic heterocycles. The maximum absolute atomic E-state index is 13.0. The Morgan fingerprint density at radius 2 is 1.97 bits per heavy atom. The van der Waals surface area contributed by atoms with E-state index in [-0.39, 0.29) is 5.69 Å². The van der Waals surface area contributed by atoms with Gasteiger partial charge in [-0.25, -0.2) is 9.19 Å². The molecule has 2 aromatic carbocycles. The maximum atomic E-state index is 13.0. The molecule has 9 heteroatoms. The largest absolute Gasteiger partial charge is 0.497 e. The van der Waals surface area contributed by atoms with Gasteiger partial charge in [-0.15, -0.1) is 0 Å². The Morgan fingerprint density at radius 1 is 1.14 bits per heavy atom. The number of rotatable bonds is 6. The number of pyridine rings is 1. The Hall–Kier alpha value is -3.72. The summed E-state index contributed by atoms with van der Waals surface area (Å²) in [5.41, 5.74) is 0.830. The second kappa shape index (κ2) is 7.72. The Balaban J connectivity index is 1.66. The summed E-state index contributed by atoms with van der Waals surface area (Å²) >= 11 is 0. The number of hydrogen-bond donors (Lipinski definition) is 2. The van der Waals surface area contributed by atoms with Gasteiger partial charge in [0.15, 0.2) is 0 Å². The van der Waals surface area contributed by atoms with E-state index in [2.05, 4.69) is 15.3 Å². The molecule has 8 nitrogen and oxygen atoms in total. The van der Waals surface area contributed by atoms with Crippen molar-refractivity contribution in [3.05, 3.63) is 77.0 Å². The lowest BCUT2D eigenvalue weighted by molar-refractivity contribution is -0.383. The van der Waals surface area contributed by atoms with Crippen molar-refractivity contribution >= 4 is 39.0 Å². The van der Waals surface area contributed by atoms with E-state index in [1.807, 2.05) is 0 Å². The Kier molecular flexibility index (Phi) is 4.96. The number of nitrogens with one attached hydrogen (secondary N) is 2. The van der Waals surface area contributed by atoms with Crippen molar-refractivity contribution in [2.24, 2.45) is 0 Å². The third kappa shape index (κ3) is 3.67. The number of para-hydroxylation sites is 2. The van der Waals surface area contributed by atoms with Gasteiger partial charge < -0.3 is 15.0 Å². The van der Waals surface area contributed by atoms with Gasteiger partial charge in [0, 0.05) is 22.5 Å². The zero-order chi connectivity index (χ0) is 20.4. The highest BCUT2D eigenvalue weighted by molar-refractivity contribution is 7.85. The van der Waals surface area contributed by atoms with Crippen molar-refractivity contribution < 1.29 is 13.9 Å². The van der Waals surface area contributed by atoms with E-state index in [0.29, 0.717) is 38.1 Å². The molecule has 0 aliphatic heterocycles. The van der Waals surface area contributed by atoms with Crippen LogP contribution >= 0.6 is 0 Å². The average Bonchev–Trinajstić information content (AvgIpc) is 3.16. The quantitative estimate of drug-likeness (QED) is 0.362. The third-order valence-electron chi connectivity index (χ3n) is 4.32. The number of aromatic amines is 1. The topological polar surface area (TPSA) is 110 Å². The van der Waals surface area contributed by atoms with Gasteiger partial charge in [-0.1, -0.05) is 18.2 Å². The highest BCUT2D eigenvalue weighted by Crippen LogP contribution is 2.30. The molecule has 29 heavy (non-hydrogen) atoms. The fourth-order valence-electron chi connectivity index (χ4n) is 2.92. The van der Waals surface area contributed by atoms with Gasteiger partial charge in [0.2, 0.25) is 0 Å². The summed E-state index contributed by atoms with van der Waals surface area (Å²) in [5, 5.41) is 14.9. The van der Waals surface area contributed by atoms with Crippen LogP contribution in [0.5, 0.6) is 5.75 Å². The van der Waals surface area contributed by atoms with Crippen LogP contribution in [0.25, 0.3) is 11.0 Å². The van der Waals surface area contributed by atoms with Crippen LogP contribution in [0.15, 0.2) is 76.7 Å². The smallest absolute Gasteiger partial charge is 0.292 e. The molecule has 4 aromatic rings. The number of H-pyrrole nitrogens is 1. The van der Waals surface area contributed by atoms with E-state index in [1.54, 1.807) is 67.9 Å². The summed E-state index contributed by atoms with van der Waals surface area (Å²) in [4.78, 5) is 19.4. The predicted octanol–water partition coefficient (Wildman–Crippen LogP) is 4.39. The van der Waals surface area contributed by atoms with Crippen molar-refractivity contribution in [1.82, 2.24) is 9.97 Å². The van der Waals surface area contributed by atoms with E-state index < -0.39 is 15.7 Å². The second-order valence-electron chi connectivity index (χ2n) is 6.09. The number of nitro groups is 1. The van der Waals surface area contributed by atoms with Crippen LogP contribution in [-0.2, 0) is 10.8 Å². The molecule has 0 amide bonds. The number of aromatic nitrogens is 2. The Bertz CT molecular complexity index is 1240. The molecule has 0 aliphatic rings. The molecule has 0 saturated heterocycles. The molecule has 1 atom stereocenters. The second-order valence-corrected chi connectivity index (χ2v) is 7.54. The normalized spacial score (nSPS) is 11.9. The highest BCUT2D eigenvalue weighted by atomic mass is 32.2. The fourth-order valence-corrected chi connectivity index (χ4v) is 4.13. The number of methoxy groups -OCH3 is 1. The SMILES string of the molecule is COc1cccc(S(=O)c2c[nH]c3nc(Nc4ccccc4[N+](=O)[O-])ccc23)c1. The first-order valence-electron chi connectivity index (χ1n) is 8.61. The molecule has 1 unspecified atom stereocenters. The zero-order valence-electron chi connectivity index (χ0n) is 15.3. The van der Waals surface area contributed by atoms with Gasteiger partial charge >= 0.3 is 0 Å². The first-order valence-corrected chi connectivity index (χ1v) is 9.76. The summed E-state index contributed by atoms with van der Waals surface area (Å²) in [7, 11) is 0.141. The van der Waals surface area contributed by atoms with Crippen LogP contribution in [0, 0.1) is 10.1 Å². The van der Waals surface area contributed by atoms with Gasteiger partial charge in [0.05, 0.1) is 27.7 Å². The number of nitro benzene ring substituents is 1. The van der Waals surface area contributed by atoms with Crippen molar-refractivity contribution in [1.29, 1.82) is 0 Å². The van der Waals surface area contributed by atoms with Gasteiger partial charge in [-0.3, -0.25) is 10.1 Å². The van der Waals surface area contributed by atoms with Gasteiger partial charge in [0.1, 0.15) is 22.9 Å². The lowest BCUT2D eigenvalue weighted by Crippen LogP contribution is -1.98. The van der Waals surface area contributed by atoms with Crippen molar-refractivity contribution in [2.45, 2.75) is 9.79 Å². The van der Waals surface area contributed by atoms with E-state index in [0.717, 1.165) is 0 Å². The molecule has 0 spiro atoms. The van der Waals surface area contributed by atoms with Crippen LogP contribution in [0.1, 0.15) is 0 Å². The highest BCUT2D eigenvalue weighted by Gasteiger charge is 2.16. The molecular formula is C20H16N4O4S. The molecule has 2 heterocycles. The summed E-state index contributed by atoms with van der Waals surface area (Å²) in [5.74, 6) is 1.07. The minimum Gasteiger partial charge on any atom is -0.497 e. The van der Waals surface area contributed by atoms with Crippen molar-refractivity contribution in [3.8, 4) is 5.75 Å². The predicted molar refractivity (Wildman–Crippen MR) is 110 cm³/mol. The van der Waals surface area contributed by atoms with E-state index in [4.69, 9.17) is 4.74 Å². The monoisotopic (exact) mass is 408 g/mol. The van der Waals surface area contributed by atoms with Crippen LogP contribution < -0.4 is 10.1 Å². The van der Waals surface area contributed by atoms with Crippen LogP contribution in [-0.4, -0.2) is 26.2 Å². The van der Waals surface area contributed by atoms with Crippen molar-refractivity contribution in [2.75, 3.05) is 12.4 Å². The lowest BCUT2D eigenvalue weighted by atomic mass is 10.2. The Morgan fingerprint density at radius 3 is 2.76 bits per heavy atom. The van der Waals surface area contributed by atoms with Gasteiger partial charge in [-0.05, 0) is 36.4 Å². The number of benzene rings is 2. The number of ether oxygens (including phenoxy) is 1. The fraction of sp³-hybridized carbons (Fsp3) is 0.0500. The standard InChI is InChI=1S/C20H16N4O4S/c1-28-13-5-4-6-14(11-13)29(27)18-12-21-20-15(18)9-10-19(23-20)22-16-7-2-3-8-17(16)24(25)26/h2-12H,1H3,(H2,21,22,23). The number of hydrogen-bond acceptors (Lipinski definition) is 6. The first-order chi connectivity index (χ1) is 14.1. The summed E-state index contributed by atoms with van der Waals surface area (Å²) in [6.07, 6.45) is 1.65. The Labute approximate surface area is 168 Å². The van der Waals surface area contributed by atoms with Gasteiger partial charge in [0.25, 0.3) is 5.69 Å². The first kappa shape index (κ1) is 18.6. The number of nitrogens with zero attached hydrogens (tertiary/aromatic N) is 2. The van der Waals surface area contributed by atoms with E-state index >= 15 is 0 Å². The maximum Gasteiger partial charge on any atom is 0.292 e. The average molecular weight is 408 g/mol. The molecule has 146 valence electrons. The molecule has 0 fully saturated rings. The molecule has 0 bridgehead atoms. The molecule has 0 aliphatic carbocycles. The van der Waals surface area contributed by atoms with E-state index in [1.165, 1.54) is 6.07 Å². The molecule has 4 rings (SSSR count). The van der Waals surface area contributed by atoms with Crippen molar-refractivity contribution in [3.63, 3.8) is 0 Å². The minimum absolute atomic E-state index is 0.0410. The van der Waals surface area contributed by atoms with Gasteiger partial charge in [-0.2, -0.15) is 0 Å². The summed E-state index contributed by atoms with van der Waals surface area (Å²) < 4.78 is 18.2. The lowest BCUT2D eigenvalue weighted by Gasteiger charge is -2.07. The molecule has 0 radical (unpaired) electrons. The third-order valence-corrected chi connectivity index (χ3v) is 5.74. The number of anilines is 2. The minimum atomic E-state index is -1.42. The van der Waals surface area contributed by atoms with Crippen LogP contribution in [0.3, 0.4) is 0 Å².